The molecule has 0 unspecified atom stereocenters. The van der Waals surface area contributed by atoms with Gasteiger partial charge in [-0.1, -0.05) is 0 Å². The molecule has 2 heterocycles. The van der Waals surface area contributed by atoms with E-state index in [1.807, 2.05) is 11.8 Å². The van der Waals surface area contributed by atoms with Gasteiger partial charge in [-0.2, -0.15) is 0 Å². The molecule has 122 valence electrons. The van der Waals surface area contributed by atoms with Gasteiger partial charge in [0.25, 0.3) is 11.5 Å². The number of H-pyrrole nitrogens is 1. The number of amides is 1. The Morgan fingerprint density at radius 1 is 1.36 bits per heavy atom. The molecule has 0 atom stereocenters. The van der Waals surface area contributed by atoms with Crippen molar-refractivity contribution in [2.24, 2.45) is 5.92 Å². The first-order valence-corrected chi connectivity index (χ1v) is 8.08. The lowest BCUT2D eigenvalue weighted by molar-refractivity contribution is 0.0664. The molecule has 1 amide bonds. The number of hydrogen-bond acceptors (Lipinski definition) is 3. The molecule has 1 fully saturated rings. The van der Waals surface area contributed by atoms with Crippen LogP contribution in [0.1, 0.15) is 42.7 Å². The third-order valence-corrected chi connectivity index (χ3v) is 4.62. The zero-order valence-electron chi connectivity index (χ0n) is 14.1. The zero-order valence-corrected chi connectivity index (χ0v) is 14.1. The van der Waals surface area contributed by atoms with E-state index in [-0.39, 0.29) is 17.0 Å². The second-order valence-corrected chi connectivity index (χ2v) is 6.65. The Bertz CT molecular complexity index is 572. The van der Waals surface area contributed by atoms with Crippen molar-refractivity contribution in [3.8, 4) is 0 Å². The molecular weight excluding hydrogens is 278 g/mol. The van der Waals surface area contributed by atoms with Crippen LogP contribution in [0.25, 0.3) is 0 Å². The van der Waals surface area contributed by atoms with Gasteiger partial charge in [-0.25, -0.2) is 0 Å². The number of aromatic amines is 1. The number of hydrogen-bond donors (Lipinski definition) is 1. The van der Waals surface area contributed by atoms with E-state index < -0.39 is 0 Å². The lowest BCUT2D eigenvalue weighted by Crippen LogP contribution is -2.43. The smallest absolute Gasteiger partial charge is 0.260 e. The summed E-state index contributed by atoms with van der Waals surface area (Å²) in [6, 6.07) is 3.96. The number of aromatic nitrogens is 1. The summed E-state index contributed by atoms with van der Waals surface area (Å²) in [6.45, 7) is 8.76. The van der Waals surface area contributed by atoms with Gasteiger partial charge in [-0.3, -0.25) is 9.59 Å². The number of carbonyl (C=O) groups is 1. The summed E-state index contributed by atoms with van der Waals surface area (Å²) in [5.74, 6) is 0.490. The quantitative estimate of drug-likeness (QED) is 0.924. The molecule has 1 aromatic rings. The minimum Gasteiger partial charge on any atom is -0.338 e. The third-order valence-electron chi connectivity index (χ3n) is 4.62. The fourth-order valence-corrected chi connectivity index (χ4v) is 2.85. The van der Waals surface area contributed by atoms with E-state index in [2.05, 4.69) is 30.8 Å². The van der Waals surface area contributed by atoms with Crippen LogP contribution in [0, 0.1) is 12.8 Å². The van der Waals surface area contributed by atoms with Crippen molar-refractivity contribution in [2.45, 2.75) is 39.7 Å². The third kappa shape index (κ3) is 3.97. The summed E-state index contributed by atoms with van der Waals surface area (Å²) in [6.07, 6.45) is 2.01. The van der Waals surface area contributed by atoms with Crippen molar-refractivity contribution in [1.82, 2.24) is 14.8 Å². The van der Waals surface area contributed by atoms with E-state index in [1.54, 1.807) is 12.1 Å². The van der Waals surface area contributed by atoms with Gasteiger partial charge < -0.3 is 14.8 Å². The van der Waals surface area contributed by atoms with Gasteiger partial charge in [0.15, 0.2) is 0 Å². The summed E-state index contributed by atoms with van der Waals surface area (Å²) in [4.78, 5) is 31.2. The Morgan fingerprint density at radius 2 is 2.00 bits per heavy atom. The van der Waals surface area contributed by atoms with Crippen LogP contribution >= 0.6 is 0 Å². The Labute approximate surface area is 132 Å². The number of nitrogens with one attached hydrogen (secondary N) is 1. The monoisotopic (exact) mass is 305 g/mol. The normalized spacial score (nSPS) is 16.5. The number of likely N-dealkylation sites (tertiary alicyclic amines) is 1. The molecule has 1 aliphatic heterocycles. The molecule has 0 spiro atoms. The van der Waals surface area contributed by atoms with Crippen LogP contribution in [0.4, 0.5) is 0 Å². The predicted molar refractivity (Wildman–Crippen MR) is 88.2 cm³/mol. The first kappa shape index (κ1) is 16.7. The van der Waals surface area contributed by atoms with E-state index in [0.29, 0.717) is 12.0 Å². The maximum absolute atomic E-state index is 12.5. The van der Waals surface area contributed by atoms with Gasteiger partial charge in [0.2, 0.25) is 0 Å². The number of pyridine rings is 1. The van der Waals surface area contributed by atoms with Crippen LogP contribution < -0.4 is 5.56 Å². The Balaban J connectivity index is 1.94. The fraction of sp³-hybridized carbons (Fsp3) is 0.647. The van der Waals surface area contributed by atoms with Crippen LogP contribution in [0.3, 0.4) is 0 Å². The Morgan fingerprint density at radius 3 is 2.55 bits per heavy atom. The number of rotatable bonds is 4. The van der Waals surface area contributed by atoms with Crippen molar-refractivity contribution < 1.29 is 4.79 Å². The molecular formula is C17H27N3O2. The molecule has 22 heavy (non-hydrogen) atoms. The van der Waals surface area contributed by atoms with Gasteiger partial charge >= 0.3 is 0 Å². The van der Waals surface area contributed by atoms with Gasteiger partial charge in [-0.05, 0) is 58.7 Å². The van der Waals surface area contributed by atoms with Crippen LogP contribution in [0.15, 0.2) is 16.9 Å². The lowest BCUT2D eigenvalue weighted by Gasteiger charge is -2.34. The average Bonchev–Trinajstić information content (AvgIpc) is 2.47. The van der Waals surface area contributed by atoms with Crippen LogP contribution in [0.5, 0.6) is 0 Å². The number of nitrogens with zero attached hydrogens (tertiary/aromatic N) is 2. The molecule has 0 aliphatic carbocycles. The van der Waals surface area contributed by atoms with Gasteiger partial charge in [0.05, 0.1) is 0 Å². The van der Waals surface area contributed by atoms with Gasteiger partial charge in [0, 0.05) is 31.4 Å². The highest BCUT2D eigenvalue weighted by Gasteiger charge is 2.25. The average molecular weight is 305 g/mol. The summed E-state index contributed by atoms with van der Waals surface area (Å²) >= 11 is 0. The topological polar surface area (TPSA) is 56.4 Å². The molecule has 0 bridgehead atoms. The minimum absolute atomic E-state index is 0.142. The standard InChI is InChI=1S/C17H27N3O2/c1-12(2)19(4)11-14-7-9-20(10-8-14)17(22)15-6-5-13(3)18-16(15)21/h5-6,12,14H,7-11H2,1-4H3,(H,18,21). The minimum atomic E-state index is -0.285. The maximum Gasteiger partial charge on any atom is 0.260 e. The molecule has 1 aromatic heterocycles. The zero-order chi connectivity index (χ0) is 16.3. The van der Waals surface area contributed by atoms with E-state index in [0.717, 1.165) is 38.2 Å². The van der Waals surface area contributed by atoms with Gasteiger partial charge in [0.1, 0.15) is 5.56 Å². The number of aryl methyl sites for hydroxylation is 1. The summed E-state index contributed by atoms with van der Waals surface area (Å²) < 4.78 is 0. The first-order valence-electron chi connectivity index (χ1n) is 8.08. The van der Waals surface area contributed by atoms with Crippen LogP contribution in [-0.4, -0.2) is 53.4 Å². The molecule has 1 saturated heterocycles. The molecule has 2 rings (SSSR count). The molecule has 1 N–H and O–H groups in total. The van der Waals surface area contributed by atoms with Crippen molar-refractivity contribution in [3.05, 3.63) is 33.7 Å². The van der Waals surface area contributed by atoms with E-state index >= 15 is 0 Å². The van der Waals surface area contributed by atoms with Crippen molar-refractivity contribution in [3.63, 3.8) is 0 Å². The summed E-state index contributed by atoms with van der Waals surface area (Å²) in [7, 11) is 2.15. The fourth-order valence-electron chi connectivity index (χ4n) is 2.85. The second kappa shape index (κ2) is 7.09. The van der Waals surface area contributed by atoms with Gasteiger partial charge in [-0.15, -0.1) is 0 Å². The number of piperidine rings is 1. The van der Waals surface area contributed by atoms with Crippen LogP contribution in [0.2, 0.25) is 0 Å². The van der Waals surface area contributed by atoms with E-state index in [9.17, 15) is 9.59 Å². The molecule has 5 heteroatoms. The van der Waals surface area contributed by atoms with Crippen molar-refractivity contribution >= 4 is 5.91 Å². The molecule has 5 nitrogen and oxygen atoms in total. The molecule has 0 aromatic carbocycles. The maximum atomic E-state index is 12.5. The van der Waals surface area contributed by atoms with E-state index in [4.69, 9.17) is 0 Å². The largest absolute Gasteiger partial charge is 0.338 e. The first-order chi connectivity index (χ1) is 10.4. The summed E-state index contributed by atoms with van der Waals surface area (Å²) in [5, 5.41) is 0. The number of carbonyl (C=O) groups excluding carboxylic acids is 1. The Hall–Kier alpha value is -1.62. The highest BCUT2D eigenvalue weighted by molar-refractivity contribution is 5.93. The van der Waals surface area contributed by atoms with E-state index in [1.165, 1.54) is 0 Å². The summed E-state index contributed by atoms with van der Waals surface area (Å²) in [5.41, 5.74) is 0.743. The van der Waals surface area contributed by atoms with Crippen LogP contribution in [-0.2, 0) is 0 Å². The second-order valence-electron chi connectivity index (χ2n) is 6.65. The van der Waals surface area contributed by atoms with Crippen molar-refractivity contribution in [1.29, 1.82) is 0 Å². The predicted octanol–water partition coefficient (Wildman–Crippen LogP) is 1.88. The lowest BCUT2D eigenvalue weighted by atomic mass is 9.95. The molecule has 0 saturated carbocycles. The highest BCUT2D eigenvalue weighted by Crippen LogP contribution is 2.20. The Kier molecular flexibility index (Phi) is 5.40. The SMILES string of the molecule is Cc1ccc(C(=O)N2CCC(CN(C)C(C)C)CC2)c(=O)[nH]1. The highest BCUT2D eigenvalue weighted by atomic mass is 16.2. The van der Waals surface area contributed by atoms with Crippen molar-refractivity contribution in [2.75, 3.05) is 26.7 Å². The molecule has 1 aliphatic rings. The molecule has 0 radical (unpaired) electrons.